The first kappa shape index (κ1) is 20.0. The van der Waals surface area contributed by atoms with E-state index in [4.69, 9.17) is 0 Å². The standard InChI is InChI=1S/C18H24N6O3S/c1-12(25)20-10-16(26)24-6-3-13(4-7-24)9-15-14(11-23(2)22-15)17(27)21-18-19-5-8-28-18/h5,8,11,13H,3-4,6-7,9-10H2,1-2H3,(H,20,25)(H,19,21,27). The molecule has 150 valence electrons. The third-order valence-electron chi connectivity index (χ3n) is 4.74. The van der Waals surface area contributed by atoms with E-state index in [-0.39, 0.29) is 24.3 Å². The molecule has 2 aromatic heterocycles. The first-order valence-electron chi connectivity index (χ1n) is 9.18. The monoisotopic (exact) mass is 404 g/mol. The SMILES string of the molecule is CC(=O)NCC(=O)N1CCC(Cc2nn(C)cc2C(=O)Nc2nccs2)CC1. The Morgan fingerprint density at radius 3 is 2.68 bits per heavy atom. The second-order valence-electron chi connectivity index (χ2n) is 6.89. The minimum absolute atomic E-state index is 0.0430. The van der Waals surface area contributed by atoms with Gasteiger partial charge in [0.15, 0.2) is 5.13 Å². The maximum atomic E-state index is 12.6. The lowest BCUT2D eigenvalue weighted by Crippen LogP contribution is -2.44. The van der Waals surface area contributed by atoms with E-state index < -0.39 is 0 Å². The number of carbonyl (C=O) groups is 3. The number of hydrogen-bond acceptors (Lipinski definition) is 6. The van der Waals surface area contributed by atoms with E-state index in [9.17, 15) is 14.4 Å². The summed E-state index contributed by atoms with van der Waals surface area (Å²) in [5.74, 6) is -0.121. The minimum atomic E-state index is -0.207. The summed E-state index contributed by atoms with van der Waals surface area (Å²) in [4.78, 5) is 41.5. The summed E-state index contributed by atoms with van der Waals surface area (Å²) < 4.78 is 1.65. The van der Waals surface area contributed by atoms with Gasteiger partial charge in [0.25, 0.3) is 5.91 Å². The van der Waals surface area contributed by atoms with Gasteiger partial charge in [-0.25, -0.2) is 4.98 Å². The summed E-state index contributed by atoms with van der Waals surface area (Å²) in [7, 11) is 1.80. The zero-order valence-electron chi connectivity index (χ0n) is 16.0. The Balaban J connectivity index is 1.56. The van der Waals surface area contributed by atoms with Gasteiger partial charge >= 0.3 is 0 Å². The van der Waals surface area contributed by atoms with E-state index in [1.807, 2.05) is 0 Å². The van der Waals surface area contributed by atoms with Crippen molar-refractivity contribution in [3.63, 3.8) is 0 Å². The van der Waals surface area contributed by atoms with Gasteiger partial charge in [0.05, 0.1) is 17.8 Å². The molecule has 0 radical (unpaired) electrons. The Labute approximate surface area is 167 Å². The zero-order valence-corrected chi connectivity index (χ0v) is 16.8. The van der Waals surface area contributed by atoms with Crippen LogP contribution >= 0.6 is 11.3 Å². The van der Waals surface area contributed by atoms with Gasteiger partial charge in [0, 0.05) is 44.8 Å². The van der Waals surface area contributed by atoms with Crippen LogP contribution < -0.4 is 10.6 Å². The number of aryl methyl sites for hydroxylation is 1. The third-order valence-corrected chi connectivity index (χ3v) is 5.43. The normalized spacial score (nSPS) is 14.7. The number of nitrogens with zero attached hydrogens (tertiary/aromatic N) is 4. The molecule has 0 unspecified atom stereocenters. The zero-order chi connectivity index (χ0) is 20.1. The topological polar surface area (TPSA) is 109 Å². The molecule has 10 heteroatoms. The van der Waals surface area contributed by atoms with Gasteiger partial charge in [-0.05, 0) is 25.2 Å². The highest BCUT2D eigenvalue weighted by Crippen LogP contribution is 2.23. The highest BCUT2D eigenvalue weighted by molar-refractivity contribution is 7.13. The predicted molar refractivity (Wildman–Crippen MR) is 105 cm³/mol. The molecule has 2 N–H and O–H groups in total. The molecular weight excluding hydrogens is 380 g/mol. The van der Waals surface area contributed by atoms with Crippen LogP contribution in [0, 0.1) is 5.92 Å². The fourth-order valence-electron chi connectivity index (χ4n) is 3.30. The number of nitrogens with one attached hydrogen (secondary N) is 2. The Hall–Kier alpha value is -2.75. The number of anilines is 1. The first-order valence-corrected chi connectivity index (χ1v) is 10.1. The summed E-state index contributed by atoms with van der Waals surface area (Å²) in [5.41, 5.74) is 1.32. The minimum Gasteiger partial charge on any atom is -0.347 e. The molecule has 3 heterocycles. The molecule has 9 nitrogen and oxygen atoms in total. The molecule has 0 saturated carbocycles. The van der Waals surface area contributed by atoms with Crippen LogP contribution in [0.2, 0.25) is 0 Å². The molecule has 1 aliphatic heterocycles. The maximum absolute atomic E-state index is 12.6. The van der Waals surface area contributed by atoms with Gasteiger partial charge in [-0.2, -0.15) is 5.10 Å². The van der Waals surface area contributed by atoms with Crippen LogP contribution in [-0.2, 0) is 23.1 Å². The molecule has 0 aromatic carbocycles. The number of carbonyl (C=O) groups excluding carboxylic acids is 3. The van der Waals surface area contributed by atoms with Gasteiger partial charge in [0.2, 0.25) is 11.8 Å². The predicted octanol–water partition coefficient (Wildman–Crippen LogP) is 1.05. The summed E-state index contributed by atoms with van der Waals surface area (Å²) in [6, 6.07) is 0. The fourth-order valence-corrected chi connectivity index (χ4v) is 3.82. The van der Waals surface area contributed by atoms with Gasteiger partial charge in [-0.3, -0.25) is 24.4 Å². The number of piperidine rings is 1. The smallest absolute Gasteiger partial charge is 0.260 e. The second-order valence-corrected chi connectivity index (χ2v) is 7.79. The average molecular weight is 404 g/mol. The number of hydrogen-bond donors (Lipinski definition) is 2. The highest BCUT2D eigenvalue weighted by atomic mass is 32.1. The van der Waals surface area contributed by atoms with Gasteiger partial charge in [0.1, 0.15) is 0 Å². The van der Waals surface area contributed by atoms with Crippen molar-refractivity contribution < 1.29 is 14.4 Å². The van der Waals surface area contributed by atoms with Crippen LogP contribution in [0.5, 0.6) is 0 Å². The van der Waals surface area contributed by atoms with Crippen molar-refractivity contribution >= 4 is 34.2 Å². The second kappa shape index (κ2) is 8.96. The third kappa shape index (κ3) is 5.16. The van der Waals surface area contributed by atoms with Crippen LogP contribution in [0.1, 0.15) is 35.8 Å². The Bertz CT molecular complexity index is 840. The number of aromatic nitrogens is 3. The molecule has 2 aromatic rings. The van der Waals surface area contributed by atoms with E-state index in [2.05, 4.69) is 20.7 Å². The van der Waals surface area contributed by atoms with E-state index in [1.165, 1.54) is 18.3 Å². The van der Waals surface area contributed by atoms with Crippen molar-refractivity contribution in [2.75, 3.05) is 25.0 Å². The van der Waals surface area contributed by atoms with Crippen molar-refractivity contribution in [3.05, 3.63) is 29.0 Å². The number of thiazole rings is 1. The summed E-state index contributed by atoms with van der Waals surface area (Å²) in [5, 5.41) is 12.2. The fraction of sp³-hybridized carbons (Fsp3) is 0.500. The van der Waals surface area contributed by atoms with Crippen LogP contribution in [0.4, 0.5) is 5.13 Å². The Morgan fingerprint density at radius 1 is 1.29 bits per heavy atom. The van der Waals surface area contributed by atoms with Crippen molar-refractivity contribution in [3.8, 4) is 0 Å². The molecule has 1 aliphatic rings. The molecule has 1 saturated heterocycles. The van der Waals surface area contributed by atoms with Gasteiger partial charge in [-0.1, -0.05) is 0 Å². The van der Waals surface area contributed by atoms with E-state index >= 15 is 0 Å². The molecule has 3 rings (SSSR count). The van der Waals surface area contributed by atoms with E-state index in [0.29, 0.717) is 36.1 Å². The van der Waals surface area contributed by atoms with Crippen molar-refractivity contribution in [1.82, 2.24) is 25.0 Å². The number of likely N-dealkylation sites (tertiary alicyclic amines) is 1. The Morgan fingerprint density at radius 2 is 2.04 bits per heavy atom. The average Bonchev–Trinajstić information content (AvgIpc) is 3.29. The largest absolute Gasteiger partial charge is 0.347 e. The maximum Gasteiger partial charge on any atom is 0.260 e. The molecular formula is C18H24N6O3S. The summed E-state index contributed by atoms with van der Waals surface area (Å²) >= 11 is 1.37. The molecule has 3 amide bonds. The van der Waals surface area contributed by atoms with Crippen molar-refractivity contribution in [2.45, 2.75) is 26.2 Å². The van der Waals surface area contributed by atoms with Gasteiger partial charge < -0.3 is 10.2 Å². The van der Waals surface area contributed by atoms with E-state index in [0.717, 1.165) is 18.5 Å². The van der Waals surface area contributed by atoms with Crippen LogP contribution in [0.3, 0.4) is 0 Å². The Kier molecular flexibility index (Phi) is 6.40. The van der Waals surface area contributed by atoms with Crippen LogP contribution in [0.15, 0.2) is 17.8 Å². The van der Waals surface area contributed by atoms with Gasteiger partial charge in [-0.15, -0.1) is 11.3 Å². The lowest BCUT2D eigenvalue weighted by molar-refractivity contribution is -0.133. The quantitative estimate of drug-likeness (QED) is 0.748. The molecule has 1 fully saturated rings. The summed E-state index contributed by atoms with van der Waals surface area (Å²) in [6.45, 7) is 2.74. The highest BCUT2D eigenvalue weighted by Gasteiger charge is 2.26. The van der Waals surface area contributed by atoms with Crippen LogP contribution in [0.25, 0.3) is 0 Å². The van der Waals surface area contributed by atoms with Crippen molar-refractivity contribution in [2.24, 2.45) is 13.0 Å². The molecule has 0 aliphatic carbocycles. The van der Waals surface area contributed by atoms with Crippen molar-refractivity contribution in [1.29, 1.82) is 0 Å². The lowest BCUT2D eigenvalue weighted by atomic mass is 9.91. The molecule has 0 bridgehead atoms. The first-order chi connectivity index (χ1) is 13.4. The number of amides is 3. The molecule has 0 atom stereocenters. The van der Waals surface area contributed by atoms with Crippen LogP contribution in [-0.4, -0.2) is 57.0 Å². The molecule has 0 spiro atoms. The summed E-state index contributed by atoms with van der Waals surface area (Å²) in [6.07, 6.45) is 5.75. The molecule has 28 heavy (non-hydrogen) atoms. The van der Waals surface area contributed by atoms with E-state index in [1.54, 1.807) is 34.4 Å². The number of rotatable bonds is 6. The lowest BCUT2D eigenvalue weighted by Gasteiger charge is -2.32.